The van der Waals surface area contributed by atoms with Gasteiger partial charge < -0.3 is 14.8 Å². The van der Waals surface area contributed by atoms with Gasteiger partial charge in [-0.3, -0.25) is 9.69 Å². The van der Waals surface area contributed by atoms with Gasteiger partial charge in [-0.2, -0.15) is 0 Å². The van der Waals surface area contributed by atoms with Crippen molar-refractivity contribution in [3.63, 3.8) is 0 Å². The molecule has 0 saturated carbocycles. The number of β-amino-alcohol motifs (C(OH)–C–C–N with tert-alkyl or cyclic N) is 1. The first-order chi connectivity index (χ1) is 10.7. The molecule has 0 unspecified atom stereocenters. The fourth-order valence-electron chi connectivity index (χ4n) is 2.71. The summed E-state index contributed by atoms with van der Waals surface area (Å²) in [5.41, 5.74) is 1.73. The van der Waals surface area contributed by atoms with Gasteiger partial charge in [-0.25, -0.2) is 0 Å². The molecule has 1 aliphatic rings. The summed E-state index contributed by atoms with van der Waals surface area (Å²) in [7, 11) is 0. The Bertz CT molecular complexity index is 625. The second-order valence-electron chi connectivity index (χ2n) is 5.64. The van der Waals surface area contributed by atoms with Gasteiger partial charge in [-0.05, 0) is 36.2 Å². The van der Waals surface area contributed by atoms with Crippen molar-refractivity contribution < 1.29 is 14.3 Å². The highest BCUT2D eigenvalue weighted by atomic mass is 16.3. The molecule has 1 aromatic carbocycles. The van der Waals surface area contributed by atoms with Crippen LogP contribution in [0.3, 0.4) is 0 Å². The first-order valence-corrected chi connectivity index (χ1v) is 7.50. The van der Waals surface area contributed by atoms with E-state index in [-0.39, 0.29) is 12.0 Å². The number of hydrogen-bond acceptors (Lipinski definition) is 4. The van der Waals surface area contributed by atoms with Gasteiger partial charge in [0.05, 0.1) is 18.9 Å². The van der Waals surface area contributed by atoms with Crippen LogP contribution in [-0.2, 0) is 13.1 Å². The van der Waals surface area contributed by atoms with Crippen molar-refractivity contribution in [2.75, 3.05) is 13.1 Å². The minimum Gasteiger partial charge on any atom is -0.467 e. The van der Waals surface area contributed by atoms with Crippen LogP contribution in [0.25, 0.3) is 0 Å². The molecular formula is C17H20N2O3. The van der Waals surface area contributed by atoms with E-state index in [9.17, 15) is 9.90 Å². The Morgan fingerprint density at radius 2 is 2.27 bits per heavy atom. The van der Waals surface area contributed by atoms with Crippen LogP contribution in [0.15, 0.2) is 47.1 Å². The van der Waals surface area contributed by atoms with Crippen LogP contribution in [0.5, 0.6) is 0 Å². The minimum absolute atomic E-state index is 0.111. The van der Waals surface area contributed by atoms with Crippen molar-refractivity contribution in [2.45, 2.75) is 25.6 Å². The summed E-state index contributed by atoms with van der Waals surface area (Å²) in [6.07, 6.45) is 2.19. The van der Waals surface area contributed by atoms with Crippen LogP contribution in [-0.4, -0.2) is 35.1 Å². The van der Waals surface area contributed by atoms with Crippen LogP contribution in [0.2, 0.25) is 0 Å². The van der Waals surface area contributed by atoms with E-state index in [0.29, 0.717) is 18.7 Å². The van der Waals surface area contributed by atoms with E-state index >= 15 is 0 Å². The van der Waals surface area contributed by atoms with Gasteiger partial charge in [0.15, 0.2) is 0 Å². The summed E-state index contributed by atoms with van der Waals surface area (Å²) in [4.78, 5) is 14.4. The summed E-state index contributed by atoms with van der Waals surface area (Å²) < 4.78 is 5.20. The summed E-state index contributed by atoms with van der Waals surface area (Å²) in [6.45, 7) is 2.75. The maximum atomic E-state index is 12.2. The summed E-state index contributed by atoms with van der Waals surface area (Å²) >= 11 is 0. The van der Waals surface area contributed by atoms with E-state index in [0.717, 1.165) is 30.8 Å². The van der Waals surface area contributed by atoms with Crippen LogP contribution < -0.4 is 5.32 Å². The summed E-state index contributed by atoms with van der Waals surface area (Å²) in [6, 6.07) is 11.2. The van der Waals surface area contributed by atoms with Crippen LogP contribution >= 0.6 is 0 Å². The molecule has 2 aromatic rings. The second-order valence-corrected chi connectivity index (χ2v) is 5.64. The lowest BCUT2D eigenvalue weighted by molar-refractivity contribution is 0.0947. The van der Waals surface area contributed by atoms with Gasteiger partial charge in [0.25, 0.3) is 5.91 Å². The van der Waals surface area contributed by atoms with Crippen molar-refractivity contribution in [3.8, 4) is 0 Å². The molecule has 5 nitrogen and oxygen atoms in total. The van der Waals surface area contributed by atoms with Gasteiger partial charge in [0.1, 0.15) is 5.76 Å². The van der Waals surface area contributed by atoms with Crippen LogP contribution in [0, 0.1) is 0 Å². The highest BCUT2D eigenvalue weighted by molar-refractivity contribution is 5.94. The number of nitrogens with one attached hydrogen (secondary N) is 1. The Labute approximate surface area is 129 Å². The fraction of sp³-hybridized carbons (Fsp3) is 0.353. The quantitative estimate of drug-likeness (QED) is 0.883. The summed E-state index contributed by atoms with van der Waals surface area (Å²) in [5.74, 6) is 0.621. The zero-order valence-electron chi connectivity index (χ0n) is 12.4. The van der Waals surface area contributed by atoms with Crippen molar-refractivity contribution in [3.05, 3.63) is 59.5 Å². The average molecular weight is 300 g/mol. The number of carbonyl (C=O) groups is 1. The standard InChI is InChI=1S/C17H20N2O3/c20-15-6-7-19(12-15)11-13-3-1-4-14(9-13)17(21)18-10-16-5-2-8-22-16/h1-5,8-9,15,20H,6-7,10-12H2,(H,18,21)/t15-/m0/s1. The molecule has 1 amide bonds. The zero-order valence-corrected chi connectivity index (χ0v) is 12.4. The predicted octanol–water partition coefficient (Wildman–Crippen LogP) is 1.78. The van der Waals surface area contributed by atoms with E-state index in [1.807, 2.05) is 24.3 Å². The van der Waals surface area contributed by atoms with Crippen LogP contribution in [0.1, 0.15) is 28.1 Å². The smallest absolute Gasteiger partial charge is 0.251 e. The van der Waals surface area contributed by atoms with E-state index in [2.05, 4.69) is 10.2 Å². The lowest BCUT2D eigenvalue weighted by Gasteiger charge is -2.15. The second kappa shape index (κ2) is 6.77. The lowest BCUT2D eigenvalue weighted by Crippen LogP contribution is -2.24. The van der Waals surface area contributed by atoms with E-state index in [1.165, 1.54) is 0 Å². The Morgan fingerprint density at radius 3 is 3.00 bits per heavy atom. The topological polar surface area (TPSA) is 65.7 Å². The number of furan rings is 1. The number of benzene rings is 1. The Hall–Kier alpha value is -2.11. The Balaban J connectivity index is 1.59. The van der Waals surface area contributed by atoms with Crippen molar-refractivity contribution in [1.82, 2.24) is 10.2 Å². The average Bonchev–Trinajstić information content (AvgIpc) is 3.17. The molecule has 0 bridgehead atoms. The number of aliphatic hydroxyl groups excluding tert-OH is 1. The molecule has 1 aliphatic heterocycles. The van der Waals surface area contributed by atoms with Crippen LogP contribution in [0.4, 0.5) is 0 Å². The normalized spacial score (nSPS) is 18.5. The van der Waals surface area contributed by atoms with Gasteiger partial charge >= 0.3 is 0 Å². The molecule has 1 atom stereocenters. The van der Waals surface area contributed by atoms with E-state index < -0.39 is 0 Å². The van der Waals surface area contributed by atoms with Gasteiger partial charge in [-0.15, -0.1) is 0 Å². The minimum atomic E-state index is -0.222. The number of aliphatic hydroxyl groups is 1. The number of nitrogens with zero attached hydrogens (tertiary/aromatic N) is 1. The molecule has 2 N–H and O–H groups in total. The van der Waals surface area contributed by atoms with Gasteiger partial charge in [0.2, 0.25) is 0 Å². The molecule has 0 radical (unpaired) electrons. The number of carbonyl (C=O) groups excluding carboxylic acids is 1. The highest BCUT2D eigenvalue weighted by Crippen LogP contribution is 2.14. The van der Waals surface area contributed by atoms with Crippen molar-refractivity contribution in [1.29, 1.82) is 0 Å². The molecule has 0 aliphatic carbocycles. The zero-order chi connectivity index (χ0) is 15.4. The number of amides is 1. The first-order valence-electron chi connectivity index (χ1n) is 7.50. The molecule has 1 aromatic heterocycles. The molecule has 1 saturated heterocycles. The van der Waals surface area contributed by atoms with Gasteiger partial charge in [0, 0.05) is 25.2 Å². The third kappa shape index (κ3) is 3.75. The number of hydrogen-bond donors (Lipinski definition) is 2. The monoisotopic (exact) mass is 300 g/mol. The molecular weight excluding hydrogens is 280 g/mol. The van der Waals surface area contributed by atoms with Gasteiger partial charge in [-0.1, -0.05) is 12.1 Å². The fourth-order valence-corrected chi connectivity index (χ4v) is 2.71. The van der Waals surface area contributed by atoms with E-state index in [1.54, 1.807) is 18.4 Å². The third-order valence-electron chi connectivity index (χ3n) is 3.85. The SMILES string of the molecule is O=C(NCc1ccco1)c1cccc(CN2CC[C@H](O)C2)c1. The third-order valence-corrected chi connectivity index (χ3v) is 3.85. The molecule has 116 valence electrons. The number of rotatable bonds is 5. The Morgan fingerprint density at radius 1 is 1.36 bits per heavy atom. The predicted molar refractivity (Wildman–Crippen MR) is 82.2 cm³/mol. The first kappa shape index (κ1) is 14.8. The largest absolute Gasteiger partial charge is 0.467 e. The van der Waals surface area contributed by atoms with E-state index in [4.69, 9.17) is 4.42 Å². The Kier molecular flexibility index (Phi) is 4.56. The maximum absolute atomic E-state index is 12.2. The molecule has 3 rings (SSSR count). The molecule has 1 fully saturated rings. The highest BCUT2D eigenvalue weighted by Gasteiger charge is 2.20. The van der Waals surface area contributed by atoms with Crippen molar-refractivity contribution >= 4 is 5.91 Å². The molecule has 22 heavy (non-hydrogen) atoms. The molecule has 5 heteroatoms. The molecule has 0 spiro atoms. The maximum Gasteiger partial charge on any atom is 0.251 e. The summed E-state index contributed by atoms with van der Waals surface area (Å²) in [5, 5.41) is 12.4. The number of likely N-dealkylation sites (tertiary alicyclic amines) is 1. The lowest BCUT2D eigenvalue weighted by atomic mass is 10.1. The molecule has 2 heterocycles. The van der Waals surface area contributed by atoms with Crippen molar-refractivity contribution in [2.24, 2.45) is 0 Å².